The lowest BCUT2D eigenvalue weighted by molar-refractivity contribution is -0.00304. The summed E-state index contributed by atoms with van der Waals surface area (Å²) in [6.07, 6.45) is 1.35. The van der Waals surface area contributed by atoms with Crippen LogP contribution in [-0.2, 0) is 5.92 Å². The standard InChI is InChI=1S/C12H17F2NO/c13-12(14,10-15-8-4-5-9-16)11-6-2-1-3-7-11/h1-3,6-7,15-16H,4-5,8-10H2. The van der Waals surface area contributed by atoms with Crippen molar-refractivity contribution in [2.24, 2.45) is 0 Å². The van der Waals surface area contributed by atoms with Crippen LogP contribution in [0.3, 0.4) is 0 Å². The van der Waals surface area contributed by atoms with E-state index in [9.17, 15) is 8.78 Å². The summed E-state index contributed by atoms with van der Waals surface area (Å²) in [4.78, 5) is 0. The van der Waals surface area contributed by atoms with Gasteiger partial charge in [-0.05, 0) is 19.4 Å². The molecule has 90 valence electrons. The first-order chi connectivity index (χ1) is 7.67. The molecule has 0 aliphatic rings. The summed E-state index contributed by atoms with van der Waals surface area (Å²) in [6, 6.07) is 7.78. The minimum atomic E-state index is -2.83. The molecule has 0 amide bonds. The molecule has 2 nitrogen and oxygen atoms in total. The van der Waals surface area contributed by atoms with E-state index in [0.29, 0.717) is 19.4 Å². The van der Waals surface area contributed by atoms with Gasteiger partial charge in [-0.1, -0.05) is 30.3 Å². The molecule has 0 aliphatic heterocycles. The molecule has 0 saturated carbocycles. The smallest absolute Gasteiger partial charge is 0.285 e. The molecule has 0 aliphatic carbocycles. The highest BCUT2D eigenvalue weighted by molar-refractivity contribution is 5.20. The summed E-state index contributed by atoms with van der Waals surface area (Å²) in [7, 11) is 0. The Labute approximate surface area is 94.3 Å². The third-order valence-electron chi connectivity index (χ3n) is 2.30. The Balaban J connectivity index is 2.35. The van der Waals surface area contributed by atoms with Gasteiger partial charge >= 0.3 is 0 Å². The highest BCUT2D eigenvalue weighted by atomic mass is 19.3. The van der Waals surface area contributed by atoms with Crippen molar-refractivity contribution in [2.75, 3.05) is 19.7 Å². The van der Waals surface area contributed by atoms with Gasteiger partial charge in [0.05, 0.1) is 6.54 Å². The van der Waals surface area contributed by atoms with Crippen LogP contribution in [0.5, 0.6) is 0 Å². The van der Waals surface area contributed by atoms with Crippen LogP contribution in [0.2, 0.25) is 0 Å². The first-order valence-electron chi connectivity index (χ1n) is 5.42. The number of alkyl halides is 2. The fourth-order valence-corrected chi connectivity index (χ4v) is 1.39. The first-order valence-corrected chi connectivity index (χ1v) is 5.42. The van der Waals surface area contributed by atoms with Crippen LogP contribution in [0.15, 0.2) is 30.3 Å². The number of nitrogens with one attached hydrogen (secondary N) is 1. The van der Waals surface area contributed by atoms with Crippen LogP contribution in [0.4, 0.5) is 8.78 Å². The number of benzene rings is 1. The van der Waals surface area contributed by atoms with Gasteiger partial charge < -0.3 is 10.4 Å². The predicted molar refractivity (Wildman–Crippen MR) is 59.5 cm³/mol. The summed E-state index contributed by atoms with van der Waals surface area (Å²) in [5.74, 6) is -2.83. The van der Waals surface area contributed by atoms with Crippen LogP contribution >= 0.6 is 0 Å². The summed E-state index contributed by atoms with van der Waals surface area (Å²) < 4.78 is 27.1. The van der Waals surface area contributed by atoms with Crippen molar-refractivity contribution in [3.8, 4) is 0 Å². The second-order valence-electron chi connectivity index (χ2n) is 3.68. The van der Waals surface area contributed by atoms with E-state index in [-0.39, 0.29) is 18.7 Å². The van der Waals surface area contributed by atoms with Crippen molar-refractivity contribution in [3.63, 3.8) is 0 Å². The fourth-order valence-electron chi connectivity index (χ4n) is 1.39. The van der Waals surface area contributed by atoms with Gasteiger partial charge in [0.25, 0.3) is 5.92 Å². The minimum absolute atomic E-state index is 0.0321. The lowest BCUT2D eigenvalue weighted by Crippen LogP contribution is -2.31. The van der Waals surface area contributed by atoms with E-state index in [1.165, 1.54) is 12.1 Å². The van der Waals surface area contributed by atoms with Crippen LogP contribution < -0.4 is 5.32 Å². The molecule has 16 heavy (non-hydrogen) atoms. The van der Waals surface area contributed by atoms with Crippen molar-refractivity contribution in [1.29, 1.82) is 0 Å². The number of rotatable bonds is 7. The Morgan fingerprint density at radius 2 is 1.81 bits per heavy atom. The van der Waals surface area contributed by atoms with Crippen molar-refractivity contribution in [1.82, 2.24) is 5.32 Å². The average Bonchev–Trinajstić information content (AvgIpc) is 2.30. The van der Waals surface area contributed by atoms with Gasteiger partial charge in [0.1, 0.15) is 0 Å². The largest absolute Gasteiger partial charge is 0.396 e. The molecule has 0 saturated heterocycles. The molecule has 0 radical (unpaired) electrons. The van der Waals surface area contributed by atoms with E-state index in [2.05, 4.69) is 5.32 Å². The first kappa shape index (κ1) is 13.1. The molecule has 0 atom stereocenters. The van der Waals surface area contributed by atoms with E-state index in [0.717, 1.165) is 0 Å². The second kappa shape index (κ2) is 6.55. The molecule has 2 N–H and O–H groups in total. The van der Waals surface area contributed by atoms with Crippen LogP contribution in [0, 0.1) is 0 Å². The SMILES string of the molecule is OCCCCNCC(F)(F)c1ccccc1. The summed E-state index contributed by atoms with van der Waals surface area (Å²) >= 11 is 0. The van der Waals surface area contributed by atoms with Gasteiger partial charge in [-0.2, -0.15) is 8.78 Å². The Morgan fingerprint density at radius 1 is 1.12 bits per heavy atom. The Hall–Kier alpha value is -1.00. The van der Waals surface area contributed by atoms with E-state index in [1.807, 2.05) is 0 Å². The van der Waals surface area contributed by atoms with Crippen molar-refractivity contribution >= 4 is 0 Å². The number of unbranched alkanes of at least 4 members (excludes halogenated alkanes) is 1. The molecule has 0 unspecified atom stereocenters. The molecule has 1 aromatic carbocycles. The van der Waals surface area contributed by atoms with Gasteiger partial charge in [-0.15, -0.1) is 0 Å². The summed E-state index contributed by atoms with van der Waals surface area (Å²) in [5, 5.41) is 11.2. The Morgan fingerprint density at radius 3 is 2.44 bits per heavy atom. The molecule has 1 rings (SSSR count). The minimum Gasteiger partial charge on any atom is -0.396 e. The molecular formula is C12H17F2NO. The Bertz CT molecular complexity index is 290. The van der Waals surface area contributed by atoms with E-state index in [4.69, 9.17) is 5.11 Å². The lowest BCUT2D eigenvalue weighted by Gasteiger charge is -2.17. The van der Waals surface area contributed by atoms with Crippen LogP contribution in [0.25, 0.3) is 0 Å². The van der Waals surface area contributed by atoms with Crippen LogP contribution in [0.1, 0.15) is 18.4 Å². The molecule has 0 heterocycles. The average molecular weight is 229 g/mol. The predicted octanol–water partition coefficient (Wildman–Crippen LogP) is 2.14. The maximum absolute atomic E-state index is 13.6. The normalized spacial score (nSPS) is 11.7. The maximum Gasteiger partial charge on any atom is 0.285 e. The number of halogens is 2. The second-order valence-corrected chi connectivity index (χ2v) is 3.68. The van der Waals surface area contributed by atoms with Crippen molar-refractivity contribution < 1.29 is 13.9 Å². The van der Waals surface area contributed by atoms with Gasteiger partial charge in [0.15, 0.2) is 0 Å². The summed E-state index contributed by atoms with van der Waals surface area (Å²) in [5.41, 5.74) is 0.0321. The Kier molecular flexibility index (Phi) is 5.35. The zero-order valence-electron chi connectivity index (χ0n) is 9.13. The molecule has 4 heteroatoms. The number of hydrogen-bond acceptors (Lipinski definition) is 2. The maximum atomic E-state index is 13.6. The molecule has 0 aromatic heterocycles. The number of aliphatic hydroxyl groups excluding tert-OH is 1. The molecule has 0 spiro atoms. The lowest BCUT2D eigenvalue weighted by atomic mass is 10.1. The quantitative estimate of drug-likeness (QED) is 0.702. The monoisotopic (exact) mass is 229 g/mol. The number of hydrogen-bond donors (Lipinski definition) is 2. The van der Waals surface area contributed by atoms with Gasteiger partial charge in [-0.25, -0.2) is 0 Å². The van der Waals surface area contributed by atoms with E-state index < -0.39 is 5.92 Å². The van der Waals surface area contributed by atoms with Crippen molar-refractivity contribution in [2.45, 2.75) is 18.8 Å². The molecule has 0 bridgehead atoms. The van der Waals surface area contributed by atoms with Crippen LogP contribution in [-0.4, -0.2) is 24.8 Å². The zero-order chi connectivity index (χ0) is 11.9. The highest BCUT2D eigenvalue weighted by Crippen LogP contribution is 2.26. The van der Waals surface area contributed by atoms with E-state index >= 15 is 0 Å². The highest BCUT2D eigenvalue weighted by Gasteiger charge is 2.30. The summed E-state index contributed by atoms with van der Waals surface area (Å²) in [6.45, 7) is 0.252. The molecule has 1 aromatic rings. The van der Waals surface area contributed by atoms with Gasteiger partial charge in [0, 0.05) is 12.2 Å². The third-order valence-corrected chi connectivity index (χ3v) is 2.30. The number of aliphatic hydroxyl groups is 1. The molecule has 0 fully saturated rings. The van der Waals surface area contributed by atoms with Gasteiger partial charge in [0.2, 0.25) is 0 Å². The van der Waals surface area contributed by atoms with E-state index in [1.54, 1.807) is 18.2 Å². The van der Waals surface area contributed by atoms with Gasteiger partial charge in [-0.3, -0.25) is 0 Å². The fraction of sp³-hybridized carbons (Fsp3) is 0.500. The van der Waals surface area contributed by atoms with Crippen molar-refractivity contribution in [3.05, 3.63) is 35.9 Å². The zero-order valence-corrected chi connectivity index (χ0v) is 9.13. The topological polar surface area (TPSA) is 32.3 Å². The molecular weight excluding hydrogens is 212 g/mol. The third kappa shape index (κ3) is 4.24.